The Labute approximate surface area is 175 Å². The van der Waals surface area contributed by atoms with Crippen LogP contribution in [0.3, 0.4) is 0 Å². The molecule has 1 aliphatic rings. The molecule has 150 valence electrons. The number of benzene rings is 2. The van der Waals surface area contributed by atoms with Crippen LogP contribution in [-0.2, 0) is 27.1 Å². The minimum Gasteiger partial charge on any atom is -0.341 e. The van der Waals surface area contributed by atoms with Crippen LogP contribution < -0.4 is 0 Å². The quantitative estimate of drug-likeness (QED) is 0.655. The maximum Gasteiger partial charge on any atom is 0.225 e. The summed E-state index contributed by atoms with van der Waals surface area (Å²) in [5, 5.41) is 0. The number of halogens is 1. The lowest BCUT2D eigenvalue weighted by molar-refractivity contribution is -0.135. The first-order valence-electron chi connectivity index (χ1n) is 9.36. The van der Waals surface area contributed by atoms with Crippen molar-refractivity contribution in [1.29, 1.82) is 0 Å². The summed E-state index contributed by atoms with van der Waals surface area (Å²) in [4.78, 5) is 14.5. The van der Waals surface area contributed by atoms with Crippen LogP contribution in [0.25, 0.3) is 0 Å². The van der Waals surface area contributed by atoms with Crippen molar-refractivity contribution in [3.63, 3.8) is 0 Å². The number of hydrogen-bond donors (Lipinski definition) is 0. The average Bonchev–Trinajstić information content (AvgIpc) is 2.69. The van der Waals surface area contributed by atoms with Crippen LogP contribution in [0.5, 0.6) is 0 Å². The van der Waals surface area contributed by atoms with Crippen molar-refractivity contribution >= 4 is 31.9 Å². The molecular weight excluding hydrogens is 440 g/mol. The molecule has 7 heteroatoms. The number of nitrogens with zero attached hydrogens (tertiary/aromatic N) is 2. The molecule has 0 radical (unpaired) electrons. The Bertz CT molecular complexity index is 893. The van der Waals surface area contributed by atoms with Crippen molar-refractivity contribution in [3.8, 4) is 0 Å². The molecule has 5 nitrogen and oxygen atoms in total. The third kappa shape index (κ3) is 5.43. The van der Waals surface area contributed by atoms with E-state index >= 15 is 0 Å². The fourth-order valence-corrected chi connectivity index (χ4v) is 5.34. The van der Waals surface area contributed by atoms with E-state index in [4.69, 9.17) is 0 Å². The molecule has 1 amide bonds. The lowest BCUT2D eigenvalue weighted by Crippen LogP contribution is -2.43. The second kappa shape index (κ2) is 9.20. The fraction of sp³-hybridized carbons (Fsp3) is 0.381. The SMILES string of the molecule is CN(Cc1ccc(Br)cc1)C(=O)C1CCN(S(=O)(=O)Cc2ccccc2)CC1. The summed E-state index contributed by atoms with van der Waals surface area (Å²) in [7, 11) is -1.55. The maximum atomic E-state index is 12.8. The van der Waals surface area contributed by atoms with Crippen LogP contribution >= 0.6 is 15.9 Å². The predicted molar refractivity (Wildman–Crippen MR) is 114 cm³/mol. The molecule has 3 rings (SSSR count). The molecule has 0 N–H and O–H groups in total. The molecule has 0 unspecified atom stereocenters. The van der Waals surface area contributed by atoms with Gasteiger partial charge in [-0.05, 0) is 36.1 Å². The highest BCUT2D eigenvalue weighted by Gasteiger charge is 2.32. The van der Waals surface area contributed by atoms with Gasteiger partial charge in [-0.25, -0.2) is 12.7 Å². The third-order valence-electron chi connectivity index (χ3n) is 5.10. The Morgan fingerprint density at radius 1 is 1.04 bits per heavy atom. The molecule has 0 saturated carbocycles. The zero-order chi connectivity index (χ0) is 20.1. The Hall–Kier alpha value is -1.70. The Kier molecular flexibility index (Phi) is 6.91. The molecule has 1 aliphatic heterocycles. The van der Waals surface area contributed by atoms with Gasteiger partial charge in [0, 0.05) is 37.1 Å². The zero-order valence-electron chi connectivity index (χ0n) is 15.9. The molecule has 2 aromatic rings. The van der Waals surface area contributed by atoms with Gasteiger partial charge in [-0.15, -0.1) is 0 Å². The standard InChI is InChI=1S/C21H25BrN2O3S/c1-23(15-17-7-9-20(22)10-8-17)21(25)19-11-13-24(14-12-19)28(26,27)16-18-5-3-2-4-6-18/h2-10,19H,11-16H2,1H3. The molecule has 0 spiro atoms. The molecule has 0 atom stereocenters. The Balaban J connectivity index is 1.54. The lowest BCUT2D eigenvalue weighted by atomic mass is 9.96. The molecule has 2 aromatic carbocycles. The molecule has 0 aromatic heterocycles. The minimum absolute atomic E-state index is 0.00984. The average molecular weight is 465 g/mol. The number of amides is 1. The van der Waals surface area contributed by atoms with Crippen molar-refractivity contribution < 1.29 is 13.2 Å². The van der Waals surface area contributed by atoms with E-state index in [1.165, 1.54) is 4.31 Å². The molecule has 28 heavy (non-hydrogen) atoms. The zero-order valence-corrected chi connectivity index (χ0v) is 18.3. The lowest BCUT2D eigenvalue weighted by Gasteiger charge is -2.32. The van der Waals surface area contributed by atoms with E-state index in [1.807, 2.05) is 61.6 Å². The van der Waals surface area contributed by atoms with Gasteiger partial charge >= 0.3 is 0 Å². The third-order valence-corrected chi connectivity index (χ3v) is 7.48. The topological polar surface area (TPSA) is 57.7 Å². The van der Waals surface area contributed by atoms with Crippen LogP contribution in [-0.4, -0.2) is 43.7 Å². The highest BCUT2D eigenvalue weighted by molar-refractivity contribution is 9.10. The van der Waals surface area contributed by atoms with Gasteiger partial charge < -0.3 is 4.90 Å². The van der Waals surface area contributed by atoms with Gasteiger partial charge in [0.1, 0.15) is 0 Å². The molecule has 1 saturated heterocycles. The number of carbonyl (C=O) groups excluding carboxylic acids is 1. The molecular formula is C21H25BrN2O3S. The number of piperidine rings is 1. The van der Waals surface area contributed by atoms with Crippen molar-refractivity contribution in [2.45, 2.75) is 25.1 Å². The summed E-state index contributed by atoms with van der Waals surface area (Å²) in [6.07, 6.45) is 1.13. The normalized spacial score (nSPS) is 16.1. The van der Waals surface area contributed by atoms with Gasteiger partial charge in [0.25, 0.3) is 0 Å². The molecule has 0 bridgehead atoms. The highest BCUT2D eigenvalue weighted by atomic mass is 79.9. The second-order valence-corrected chi connectivity index (χ2v) is 10.1. The van der Waals surface area contributed by atoms with E-state index in [0.717, 1.165) is 15.6 Å². The summed E-state index contributed by atoms with van der Waals surface area (Å²) in [6.45, 7) is 1.36. The van der Waals surface area contributed by atoms with Gasteiger partial charge in [-0.3, -0.25) is 4.79 Å². The van der Waals surface area contributed by atoms with Crippen LogP contribution in [0.15, 0.2) is 59.1 Å². The number of carbonyl (C=O) groups is 1. The van der Waals surface area contributed by atoms with Gasteiger partial charge in [-0.1, -0.05) is 58.4 Å². The van der Waals surface area contributed by atoms with E-state index < -0.39 is 10.0 Å². The van der Waals surface area contributed by atoms with Gasteiger partial charge in [-0.2, -0.15) is 0 Å². The second-order valence-electron chi connectivity index (χ2n) is 7.24. The van der Waals surface area contributed by atoms with Crippen LogP contribution in [0, 0.1) is 5.92 Å². The van der Waals surface area contributed by atoms with Gasteiger partial charge in [0.15, 0.2) is 0 Å². The molecule has 0 aliphatic carbocycles. The fourth-order valence-electron chi connectivity index (χ4n) is 3.51. The maximum absolute atomic E-state index is 12.8. The summed E-state index contributed by atoms with van der Waals surface area (Å²) < 4.78 is 27.9. The number of hydrogen-bond acceptors (Lipinski definition) is 3. The van der Waals surface area contributed by atoms with Crippen molar-refractivity contribution in [2.75, 3.05) is 20.1 Å². The smallest absolute Gasteiger partial charge is 0.225 e. The highest BCUT2D eigenvalue weighted by Crippen LogP contribution is 2.24. The van der Waals surface area contributed by atoms with Crippen molar-refractivity contribution in [1.82, 2.24) is 9.21 Å². The van der Waals surface area contributed by atoms with E-state index in [1.54, 1.807) is 4.90 Å². The summed E-state index contributed by atoms with van der Waals surface area (Å²) in [6, 6.07) is 17.1. The Morgan fingerprint density at radius 3 is 2.25 bits per heavy atom. The van der Waals surface area contributed by atoms with E-state index in [-0.39, 0.29) is 17.6 Å². The van der Waals surface area contributed by atoms with E-state index in [0.29, 0.717) is 32.5 Å². The summed E-state index contributed by atoms with van der Waals surface area (Å²) >= 11 is 3.41. The number of sulfonamides is 1. The first kappa shape index (κ1) is 21.0. The Morgan fingerprint density at radius 2 is 1.64 bits per heavy atom. The van der Waals surface area contributed by atoms with E-state index in [2.05, 4.69) is 15.9 Å². The van der Waals surface area contributed by atoms with Gasteiger partial charge in [0.05, 0.1) is 5.75 Å². The van der Waals surface area contributed by atoms with Crippen LogP contribution in [0.1, 0.15) is 24.0 Å². The van der Waals surface area contributed by atoms with Gasteiger partial charge in [0.2, 0.25) is 15.9 Å². The largest absolute Gasteiger partial charge is 0.341 e. The first-order valence-corrected chi connectivity index (χ1v) is 11.8. The van der Waals surface area contributed by atoms with Crippen molar-refractivity contribution in [2.24, 2.45) is 5.92 Å². The van der Waals surface area contributed by atoms with Crippen LogP contribution in [0.2, 0.25) is 0 Å². The predicted octanol–water partition coefficient (Wildman–Crippen LogP) is 3.65. The first-order chi connectivity index (χ1) is 13.3. The summed E-state index contributed by atoms with van der Waals surface area (Å²) in [5.74, 6) is -0.0257. The minimum atomic E-state index is -3.35. The summed E-state index contributed by atoms with van der Waals surface area (Å²) in [5.41, 5.74) is 1.86. The van der Waals surface area contributed by atoms with E-state index in [9.17, 15) is 13.2 Å². The number of rotatable bonds is 6. The van der Waals surface area contributed by atoms with Crippen LogP contribution in [0.4, 0.5) is 0 Å². The monoisotopic (exact) mass is 464 g/mol. The molecule has 1 fully saturated rings. The molecule has 1 heterocycles. The van der Waals surface area contributed by atoms with Crippen molar-refractivity contribution in [3.05, 3.63) is 70.2 Å².